The Hall–Kier alpha value is -2.18. The Kier molecular flexibility index (Phi) is 6.96. The van der Waals surface area contributed by atoms with Gasteiger partial charge >= 0.3 is 0 Å². The van der Waals surface area contributed by atoms with Crippen molar-refractivity contribution in [2.75, 3.05) is 32.7 Å². The van der Waals surface area contributed by atoms with Crippen molar-refractivity contribution in [3.8, 4) is 0 Å². The third-order valence-corrected chi connectivity index (χ3v) is 7.96. The number of carbonyl (C=O) groups excluding carboxylic acids is 2. The first-order valence-electron chi connectivity index (χ1n) is 12.1. The summed E-state index contributed by atoms with van der Waals surface area (Å²) in [6, 6.07) is 10.7. The number of nitrogens with zero attached hydrogens (tertiary/aromatic N) is 3. The van der Waals surface area contributed by atoms with Crippen molar-refractivity contribution in [2.24, 2.45) is 5.41 Å². The highest BCUT2D eigenvalue weighted by Crippen LogP contribution is 2.40. The van der Waals surface area contributed by atoms with Crippen molar-refractivity contribution in [1.29, 1.82) is 0 Å². The van der Waals surface area contributed by atoms with Gasteiger partial charge in [-0.15, -0.1) is 11.3 Å². The van der Waals surface area contributed by atoms with Gasteiger partial charge in [0.15, 0.2) is 0 Å². The molecule has 0 N–H and O–H groups in total. The first-order chi connectivity index (χ1) is 15.7. The van der Waals surface area contributed by atoms with Gasteiger partial charge < -0.3 is 9.80 Å². The fraction of sp³-hybridized carbons (Fsp3) is 0.556. The number of amides is 2. The molecule has 2 aliphatic rings. The van der Waals surface area contributed by atoms with E-state index in [1.807, 2.05) is 21.1 Å². The predicted octanol–water partition coefficient (Wildman–Crippen LogP) is 4.50. The van der Waals surface area contributed by atoms with Gasteiger partial charge in [0.25, 0.3) is 0 Å². The van der Waals surface area contributed by atoms with Crippen LogP contribution in [0.1, 0.15) is 61.7 Å². The molecule has 0 saturated carbocycles. The van der Waals surface area contributed by atoms with Gasteiger partial charge in [-0.25, -0.2) is 0 Å². The van der Waals surface area contributed by atoms with Gasteiger partial charge in [0.2, 0.25) is 11.8 Å². The van der Waals surface area contributed by atoms with Crippen molar-refractivity contribution in [2.45, 2.75) is 59.5 Å². The number of hydrogen-bond donors (Lipinski definition) is 0. The van der Waals surface area contributed by atoms with Crippen molar-refractivity contribution in [3.63, 3.8) is 0 Å². The molecular formula is C27H37N3O2S. The maximum Gasteiger partial charge on any atom is 0.239 e. The van der Waals surface area contributed by atoms with Gasteiger partial charge in [-0.1, -0.05) is 45.0 Å². The molecule has 3 heterocycles. The number of piperazine rings is 1. The summed E-state index contributed by atoms with van der Waals surface area (Å²) < 4.78 is 0. The SMILES string of the molecule is Cc1ccccc1C1c2ccsc2CCN1C(C)C(=O)N1CCN(C(=O)CC(C)(C)C)CC1. The number of carbonyl (C=O) groups is 2. The lowest BCUT2D eigenvalue weighted by molar-refractivity contribution is -0.144. The first kappa shape index (κ1) is 24.0. The summed E-state index contributed by atoms with van der Waals surface area (Å²) >= 11 is 1.83. The number of fused-ring (bicyclic) bond motifs is 1. The highest BCUT2D eigenvalue weighted by atomic mass is 32.1. The Balaban J connectivity index is 1.48. The lowest BCUT2D eigenvalue weighted by atomic mass is 9.89. The third kappa shape index (κ3) is 5.17. The third-order valence-electron chi connectivity index (χ3n) is 6.97. The highest BCUT2D eigenvalue weighted by Gasteiger charge is 2.38. The molecule has 2 unspecified atom stereocenters. The van der Waals surface area contributed by atoms with Gasteiger partial charge in [-0.3, -0.25) is 14.5 Å². The lowest BCUT2D eigenvalue weighted by Gasteiger charge is -2.43. The molecule has 1 saturated heterocycles. The molecule has 178 valence electrons. The van der Waals surface area contributed by atoms with Crippen LogP contribution in [0.15, 0.2) is 35.7 Å². The summed E-state index contributed by atoms with van der Waals surface area (Å²) in [5.41, 5.74) is 3.88. The number of thiophene rings is 1. The smallest absolute Gasteiger partial charge is 0.239 e. The second-order valence-corrected chi connectivity index (χ2v) is 11.7. The van der Waals surface area contributed by atoms with E-state index >= 15 is 0 Å². The Labute approximate surface area is 202 Å². The van der Waals surface area contributed by atoms with E-state index in [4.69, 9.17) is 0 Å². The van der Waals surface area contributed by atoms with Crippen molar-refractivity contribution in [1.82, 2.24) is 14.7 Å². The van der Waals surface area contributed by atoms with Gasteiger partial charge in [-0.2, -0.15) is 0 Å². The predicted molar refractivity (Wildman–Crippen MR) is 134 cm³/mol. The Morgan fingerprint density at radius 3 is 2.33 bits per heavy atom. The molecule has 5 nitrogen and oxygen atoms in total. The van der Waals surface area contributed by atoms with Crippen molar-refractivity contribution < 1.29 is 9.59 Å². The molecule has 0 aliphatic carbocycles. The van der Waals surface area contributed by atoms with Crippen LogP contribution in [0, 0.1) is 12.3 Å². The minimum atomic E-state index is -0.209. The normalized spacial score (nSPS) is 20.5. The number of rotatable bonds is 4. The molecule has 33 heavy (non-hydrogen) atoms. The Bertz CT molecular complexity index is 1000. The molecule has 4 rings (SSSR count). The topological polar surface area (TPSA) is 43.9 Å². The molecule has 0 spiro atoms. The molecule has 2 aromatic rings. The fourth-order valence-electron chi connectivity index (χ4n) is 5.14. The summed E-state index contributed by atoms with van der Waals surface area (Å²) in [6.07, 6.45) is 1.54. The van der Waals surface area contributed by atoms with Crippen molar-refractivity contribution >= 4 is 23.2 Å². The molecule has 1 fully saturated rings. The van der Waals surface area contributed by atoms with Crippen LogP contribution in [-0.2, 0) is 16.0 Å². The minimum absolute atomic E-state index is 0.0160. The van der Waals surface area contributed by atoms with Gasteiger partial charge in [-0.05, 0) is 53.8 Å². The molecule has 6 heteroatoms. The number of hydrogen-bond acceptors (Lipinski definition) is 4. The quantitative estimate of drug-likeness (QED) is 0.665. The van der Waals surface area contributed by atoms with Crippen LogP contribution in [0.4, 0.5) is 0 Å². The van der Waals surface area contributed by atoms with Crippen LogP contribution in [0.3, 0.4) is 0 Å². The summed E-state index contributed by atoms with van der Waals surface area (Å²) in [5.74, 6) is 0.374. The summed E-state index contributed by atoms with van der Waals surface area (Å²) in [4.78, 5) is 33.9. The van der Waals surface area contributed by atoms with Crippen LogP contribution in [0.2, 0.25) is 0 Å². The van der Waals surface area contributed by atoms with Crippen LogP contribution >= 0.6 is 11.3 Å². The molecule has 2 amide bonds. The van der Waals surface area contributed by atoms with Crippen LogP contribution in [0.25, 0.3) is 0 Å². The number of benzene rings is 1. The van der Waals surface area contributed by atoms with E-state index < -0.39 is 0 Å². The Morgan fingerprint density at radius 1 is 1.00 bits per heavy atom. The zero-order valence-corrected chi connectivity index (χ0v) is 21.5. The summed E-state index contributed by atoms with van der Waals surface area (Å²) in [7, 11) is 0. The van der Waals surface area contributed by atoms with Crippen LogP contribution < -0.4 is 0 Å². The average molecular weight is 468 g/mol. The van der Waals surface area contributed by atoms with E-state index in [-0.39, 0.29) is 29.3 Å². The number of aryl methyl sites for hydroxylation is 1. The molecular weight excluding hydrogens is 430 g/mol. The zero-order chi connectivity index (χ0) is 23.8. The molecule has 1 aromatic carbocycles. The summed E-state index contributed by atoms with van der Waals surface area (Å²) in [6.45, 7) is 13.9. The van der Waals surface area contributed by atoms with E-state index in [9.17, 15) is 9.59 Å². The van der Waals surface area contributed by atoms with E-state index in [0.717, 1.165) is 13.0 Å². The van der Waals surface area contributed by atoms with Gasteiger partial charge in [0.1, 0.15) is 0 Å². The standard InChI is InChI=1S/C27H37N3O2S/c1-19-8-6-7-9-21(19)25-22-11-17-33-23(22)10-12-30(25)20(2)26(32)29-15-13-28(14-16-29)24(31)18-27(3,4)5/h6-9,11,17,20,25H,10,12-16,18H2,1-5H3. The average Bonchev–Trinajstić information content (AvgIpc) is 3.26. The molecule has 1 aromatic heterocycles. The summed E-state index contributed by atoms with van der Waals surface area (Å²) in [5, 5.41) is 2.18. The molecule has 2 atom stereocenters. The minimum Gasteiger partial charge on any atom is -0.339 e. The van der Waals surface area contributed by atoms with Gasteiger partial charge in [0.05, 0.1) is 12.1 Å². The Morgan fingerprint density at radius 2 is 1.67 bits per heavy atom. The first-order valence-corrected chi connectivity index (χ1v) is 13.0. The van der Waals surface area contributed by atoms with Crippen LogP contribution in [-0.4, -0.2) is 65.3 Å². The van der Waals surface area contributed by atoms with E-state index in [0.29, 0.717) is 32.6 Å². The zero-order valence-electron chi connectivity index (χ0n) is 20.6. The van der Waals surface area contributed by atoms with Gasteiger partial charge in [0, 0.05) is 44.0 Å². The second-order valence-electron chi connectivity index (χ2n) is 10.7. The second kappa shape index (κ2) is 9.59. The monoisotopic (exact) mass is 467 g/mol. The highest BCUT2D eigenvalue weighted by molar-refractivity contribution is 7.10. The maximum absolute atomic E-state index is 13.6. The lowest BCUT2D eigenvalue weighted by Crippen LogP contribution is -2.56. The molecule has 2 aliphatic heterocycles. The van der Waals surface area contributed by atoms with Crippen molar-refractivity contribution in [3.05, 3.63) is 57.3 Å². The van der Waals surface area contributed by atoms with E-state index in [1.165, 1.54) is 21.6 Å². The van der Waals surface area contributed by atoms with Crippen LogP contribution in [0.5, 0.6) is 0 Å². The van der Waals surface area contributed by atoms with E-state index in [1.54, 1.807) is 0 Å². The molecule has 0 bridgehead atoms. The maximum atomic E-state index is 13.6. The molecule has 0 radical (unpaired) electrons. The largest absolute Gasteiger partial charge is 0.339 e. The van der Waals surface area contributed by atoms with E-state index in [2.05, 4.69) is 75.2 Å². The fourth-order valence-corrected chi connectivity index (χ4v) is 6.04.